The second-order valence-corrected chi connectivity index (χ2v) is 4.72. The number of aromatic nitrogens is 2. The summed E-state index contributed by atoms with van der Waals surface area (Å²) in [6.45, 7) is 0. The van der Waals surface area contributed by atoms with E-state index < -0.39 is 0 Å². The Morgan fingerprint density at radius 3 is 2.05 bits per heavy atom. The van der Waals surface area contributed by atoms with E-state index in [-0.39, 0.29) is 17.1 Å². The number of aliphatic hydroxyl groups is 1. The van der Waals surface area contributed by atoms with Crippen LogP contribution in [0.1, 0.15) is 21.7 Å². The van der Waals surface area contributed by atoms with Gasteiger partial charge in [-0.1, -0.05) is 60.7 Å². The fraction of sp³-hybridized carbons (Fsp3) is 0. The summed E-state index contributed by atoms with van der Waals surface area (Å²) in [5.74, 6) is -0.0310. The number of hydrogen-bond donors (Lipinski definition) is 2. The van der Waals surface area contributed by atoms with E-state index >= 15 is 0 Å². The van der Waals surface area contributed by atoms with Crippen molar-refractivity contribution >= 4 is 17.1 Å². The van der Waals surface area contributed by atoms with E-state index in [4.69, 9.17) is 0 Å². The average Bonchev–Trinajstić information content (AvgIpc) is 3.10. The lowest BCUT2D eigenvalue weighted by Gasteiger charge is -2.08. The topological polar surface area (TPSA) is 66.0 Å². The number of allylic oxidation sites excluding steroid dienone is 1. The SMILES string of the molecule is O=C(/C(=C(/O)c1ccccc1)c1ncc[nH]1)c1ccccc1. The van der Waals surface area contributed by atoms with Gasteiger partial charge in [0, 0.05) is 23.5 Å². The Morgan fingerprint density at radius 2 is 1.50 bits per heavy atom. The van der Waals surface area contributed by atoms with Crippen molar-refractivity contribution in [1.82, 2.24) is 9.97 Å². The van der Waals surface area contributed by atoms with Gasteiger partial charge in [-0.05, 0) is 0 Å². The maximum Gasteiger partial charge on any atom is 0.200 e. The van der Waals surface area contributed by atoms with Gasteiger partial charge in [0.25, 0.3) is 0 Å². The van der Waals surface area contributed by atoms with Gasteiger partial charge in [-0.2, -0.15) is 0 Å². The summed E-state index contributed by atoms with van der Waals surface area (Å²) >= 11 is 0. The number of Topliss-reactive ketones (excluding diaryl/α,β-unsaturated/α-hetero) is 1. The van der Waals surface area contributed by atoms with E-state index in [1.165, 1.54) is 0 Å². The van der Waals surface area contributed by atoms with Gasteiger partial charge in [-0.3, -0.25) is 4.79 Å². The summed E-state index contributed by atoms with van der Waals surface area (Å²) in [5, 5.41) is 10.6. The van der Waals surface area contributed by atoms with Gasteiger partial charge >= 0.3 is 0 Å². The Morgan fingerprint density at radius 1 is 0.909 bits per heavy atom. The van der Waals surface area contributed by atoms with Crippen molar-refractivity contribution in [1.29, 1.82) is 0 Å². The molecule has 0 aliphatic carbocycles. The molecule has 0 fully saturated rings. The lowest BCUT2D eigenvalue weighted by Crippen LogP contribution is -2.07. The van der Waals surface area contributed by atoms with E-state index in [2.05, 4.69) is 9.97 Å². The number of nitrogens with zero attached hydrogens (tertiary/aromatic N) is 1. The zero-order valence-electron chi connectivity index (χ0n) is 11.7. The Kier molecular flexibility index (Phi) is 3.83. The highest BCUT2D eigenvalue weighted by Gasteiger charge is 2.22. The van der Waals surface area contributed by atoms with E-state index in [0.717, 1.165) is 0 Å². The van der Waals surface area contributed by atoms with Gasteiger partial charge in [-0.15, -0.1) is 0 Å². The predicted molar refractivity (Wildman–Crippen MR) is 85.2 cm³/mol. The van der Waals surface area contributed by atoms with Crippen molar-refractivity contribution in [3.05, 3.63) is 90.0 Å². The zero-order chi connectivity index (χ0) is 15.4. The molecule has 3 aromatic rings. The number of carbonyl (C=O) groups excluding carboxylic acids is 1. The largest absolute Gasteiger partial charge is 0.506 e. The van der Waals surface area contributed by atoms with E-state index in [9.17, 15) is 9.90 Å². The summed E-state index contributed by atoms with van der Waals surface area (Å²) in [7, 11) is 0. The normalized spacial score (nSPS) is 11.8. The highest BCUT2D eigenvalue weighted by Crippen LogP contribution is 2.25. The van der Waals surface area contributed by atoms with E-state index in [1.807, 2.05) is 12.1 Å². The Balaban J connectivity index is 2.16. The Hall–Kier alpha value is -3.14. The number of H-pyrrole nitrogens is 1. The van der Waals surface area contributed by atoms with Gasteiger partial charge in [-0.25, -0.2) is 4.98 Å². The predicted octanol–water partition coefficient (Wildman–Crippen LogP) is 3.72. The van der Waals surface area contributed by atoms with Crippen LogP contribution in [-0.2, 0) is 0 Å². The molecular formula is C18H14N2O2. The number of hydrogen-bond acceptors (Lipinski definition) is 3. The minimum Gasteiger partial charge on any atom is -0.506 e. The van der Waals surface area contributed by atoms with Crippen LogP contribution in [0.15, 0.2) is 73.1 Å². The van der Waals surface area contributed by atoms with Crippen LogP contribution in [0.4, 0.5) is 0 Å². The van der Waals surface area contributed by atoms with Crippen LogP contribution in [0.3, 0.4) is 0 Å². The minimum atomic E-state index is -0.281. The second-order valence-electron chi connectivity index (χ2n) is 4.72. The molecule has 2 N–H and O–H groups in total. The van der Waals surface area contributed by atoms with Gasteiger partial charge < -0.3 is 10.1 Å². The van der Waals surface area contributed by atoms with Crippen LogP contribution >= 0.6 is 0 Å². The molecule has 4 heteroatoms. The number of imidazole rings is 1. The highest BCUT2D eigenvalue weighted by atomic mass is 16.3. The minimum absolute atomic E-state index is 0.0931. The maximum atomic E-state index is 12.8. The summed E-state index contributed by atoms with van der Waals surface area (Å²) < 4.78 is 0. The fourth-order valence-electron chi connectivity index (χ4n) is 2.20. The van der Waals surface area contributed by atoms with Crippen LogP contribution in [0.5, 0.6) is 0 Å². The molecule has 0 atom stereocenters. The van der Waals surface area contributed by atoms with Gasteiger partial charge in [0.15, 0.2) is 0 Å². The number of aromatic amines is 1. The van der Waals surface area contributed by atoms with Gasteiger partial charge in [0.2, 0.25) is 5.78 Å². The lowest BCUT2D eigenvalue weighted by molar-refractivity contribution is 0.105. The third-order valence-electron chi connectivity index (χ3n) is 3.28. The number of nitrogens with one attached hydrogen (secondary N) is 1. The molecule has 0 spiro atoms. The summed E-state index contributed by atoms with van der Waals surface area (Å²) in [6, 6.07) is 17.8. The molecule has 3 rings (SSSR count). The monoisotopic (exact) mass is 290 g/mol. The maximum absolute atomic E-state index is 12.8. The number of ketones is 1. The first kappa shape index (κ1) is 13.8. The van der Waals surface area contributed by atoms with Crippen molar-refractivity contribution in [3.63, 3.8) is 0 Å². The molecule has 1 aromatic heterocycles. The Bertz CT molecular complexity index is 792. The molecule has 0 amide bonds. The van der Waals surface area contributed by atoms with Crippen LogP contribution in [0.25, 0.3) is 11.3 Å². The van der Waals surface area contributed by atoms with Crippen molar-refractivity contribution in [2.75, 3.05) is 0 Å². The van der Waals surface area contributed by atoms with Crippen LogP contribution < -0.4 is 0 Å². The van der Waals surface area contributed by atoms with Crippen LogP contribution in [0.2, 0.25) is 0 Å². The molecule has 0 saturated heterocycles. The molecule has 2 aromatic carbocycles. The molecule has 0 saturated carbocycles. The molecule has 1 heterocycles. The lowest BCUT2D eigenvalue weighted by atomic mass is 9.99. The number of carbonyl (C=O) groups is 1. The van der Waals surface area contributed by atoms with Gasteiger partial charge in [0.05, 0.1) is 0 Å². The Labute approximate surface area is 127 Å². The second kappa shape index (κ2) is 6.10. The molecule has 108 valence electrons. The zero-order valence-corrected chi connectivity index (χ0v) is 11.7. The molecule has 0 aliphatic heterocycles. The van der Waals surface area contributed by atoms with Crippen molar-refractivity contribution in [2.45, 2.75) is 0 Å². The van der Waals surface area contributed by atoms with E-state index in [0.29, 0.717) is 17.0 Å². The quantitative estimate of drug-likeness (QED) is 0.437. The smallest absolute Gasteiger partial charge is 0.200 e. The van der Waals surface area contributed by atoms with Gasteiger partial charge in [0.1, 0.15) is 17.2 Å². The third-order valence-corrected chi connectivity index (χ3v) is 3.28. The summed E-state index contributed by atoms with van der Waals surface area (Å²) in [5.41, 5.74) is 1.22. The molecule has 22 heavy (non-hydrogen) atoms. The highest BCUT2D eigenvalue weighted by molar-refractivity contribution is 6.32. The van der Waals surface area contributed by atoms with Crippen molar-refractivity contribution in [2.24, 2.45) is 0 Å². The third kappa shape index (κ3) is 2.67. The first-order valence-electron chi connectivity index (χ1n) is 6.85. The number of benzene rings is 2. The van der Waals surface area contributed by atoms with Crippen LogP contribution in [0, 0.1) is 0 Å². The molecule has 0 bridgehead atoms. The molecular weight excluding hydrogens is 276 g/mol. The molecule has 4 nitrogen and oxygen atoms in total. The standard InChI is InChI=1S/C18H14N2O2/c21-16(13-7-3-1-4-8-13)15(18-19-11-12-20-18)17(22)14-9-5-2-6-10-14/h1-12,21H,(H,19,20)/b16-15-. The number of aliphatic hydroxyl groups excluding tert-OH is 1. The fourth-order valence-corrected chi connectivity index (χ4v) is 2.20. The van der Waals surface area contributed by atoms with Crippen molar-refractivity contribution in [3.8, 4) is 0 Å². The number of rotatable bonds is 4. The first-order chi connectivity index (χ1) is 10.8. The van der Waals surface area contributed by atoms with Crippen LogP contribution in [-0.4, -0.2) is 20.9 Å². The summed E-state index contributed by atoms with van der Waals surface area (Å²) in [4.78, 5) is 19.8. The molecule has 0 aliphatic rings. The van der Waals surface area contributed by atoms with E-state index in [1.54, 1.807) is 60.9 Å². The van der Waals surface area contributed by atoms with Crippen molar-refractivity contribution < 1.29 is 9.90 Å². The first-order valence-corrected chi connectivity index (χ1v) is 6.85. The average molecular weight is 290 g/mol. The molecule has 0 unspecified atom stereocenters. The molecule has 0 radical (unpaired) electrons. The summed E-state index contributed by atoms with van der Waals surface area (Å²) in [6.07, 6.45) is 3.16.